The van der Waals surface area contributed by atoms with Gasteiger partial charge in [0.2, 0.25) is 0 Å². The molecule has 1 unspecified atom stereocenters. The van der Waals surface area contributed by atoms with Crippen LogP contribution in [0.4, 0.5) is 0 Å². The molecule has 0 aliphatic heterocycles. The molecule has 1 aromatic carbocycles. The molecule has 2 N–H and O–H groups in total. The minimum absolute atomic E-state index is 0. The molecule has 0 fully saturated rings. The number of benzene rings is 1. The van der Waals surface area contributed by atoms with Crippen molar-refractivity contribution in [2.45, 2.75) is 52.7 Å². The molecule has 0 spiro atoms. The lowest BCUT2D eigenvalue weighted by atomic mass is 10.0. The Labute approximate surface area is 157 Å². The van der Waals surface area contributed by atoms with E-state index in [1.807, 2.05) is 34.6 Å². The summed E-state index contributed by atoms with van der Waals surface area (Å²) in [5.41, 5.74) is 0.454. The van der Waals surface area contributed by atoms with Gasteiger partial charge in [0.1, 0.15) is 24.2 Å². The number of nitrogens with one attached hydrogen (secondary N) is 1. The van der Waals surface area contributed by atoms with E-state index in [0.717, 1.165) is 0 Å². The molecule has 0 saturated carbocycles. The van der Waals surface area contributed by atoms with E-state index in [2.05, 4.69) is 5.32 Å². The van der Waals surface area contributed by atoms with Gasteiger partial charge in [-0.1, -0.05) is 13.8 Å². The molecular formula is C19H32ClNO4. The number of carbonyl (C=O) groups is 1. The quantitative estimate of drug-likeness (QED) is 0.649. The largest absolute Gasteiger partial charge is 0.497 e. The molecule has 5 nitrogen and oxygen atoms in total. The first kappa shape index (κ1) is 23.7. The molecule has 1 rings (SSSR count). The maximum absolute atomic E-state index is 12.4. The van der Waals surface area contributed by atoms with Crippen LogP contribution in [-0.2, 0) is 0 Å². The molecular weight excluding hydrogens is 342 g/mol. The number of Topliss-reactive ketones (excluding diaryl/α,β-unsaturated/α-hetero) is 1. The van der Waals surface area contributed by atoms with Gasteiger partial charge in [0.05, 0.1) is 12.7 Å². The number of hydrogen-bond donors (Lipinski definition) is 2. The zero-order valence-electron chi connectivity index (χ0n) is 16.1. The van der Waals surface area contributed by atoms with Crippen LogP contribution < -0.4 is 14.8 Å². The van der Waals surface area contributed by atoms with Crippen LogP contribution >= 0.6 is 12.4 Å². The summed E-state index contributed by atoms with van der Waals surface area (Å²) in [6.45, 7) is 10.6. The van der Waals surface area contributed by atoms with Crippen molar-refractivity contribution in [2.24, 2.45) is 5.92 Å². The molecule has 144 valence electrons. The first-order valence-corrected chi connectivity index (χ1v) is 8.39. The summed E-state index contributed by atoms with van der Waals surface area (Å²) in [4.78, 5) is 12.4. The van der Waals surface area contributed by atoms with Crippen molar-refractivity contribution in [1.82, 2.24) is 5.32 Å². The van der Waals surface area contributed by atoms with E-state index < -0.39 is 6.10 Å². The number of β-amino-alcohol motifs (C(OH)–C–C–N with tert-alkyl or cyclic N) is 1. The Morgan fingerprint density at radius 1 is 1.28 bits per heavy atom. The predicted octanol–water partition coefficient (Wildman–Crippen LogP) is 3.47. The second-order valence-electron chi connectivity index (χ2n) is 7.48. The highest BCUT2D eigenvalue weighted by Crippen LogP contribution is 2.27. The van der Waals surface area contributed by atoms with Crippen molar-refractivity contribution < 1.29 is 19.4 Å². The summed E-state index contributed by atoms with van der Waals surface area (Å²) in [5, 5.41) is 13.3. The molecule has 0 aliphatic rings. The predicted molar refractivity (Wildman–Crippen MR) is 103 cm³/mol. The number of ether oxygens (including phenoxy) is 2. The Bertz CT molecular complexity index is 541. The monoisotopic (exact) mass is 373 g/mol. The van der Waals surface area contributed by atoms with Gasteiger partial charge in [-0.25, -0.2) is 0 Å². The van der Waals surface area contributed by atoms with Crippen LogP contribution in [0.5, 0.6) is 11.5 Å². The number of aliphatic hydroxyl groups excluding tert-OH is 1. The fourth-order valence-electron chi connectivity index (χ4n) is 2.13. The first-order valence-electron chi connectivity index (χ1n) is 8.39. The highest BCUT2D eigenvalue weighted by Gasteiger charge is 2.17. The zero-order chi connectivity index (χ0) is 18.3. The van der Waals surface area contributed by atoms with Gasteiger partial charge < -0.3 is 19.9 Å². The maximum atomic E-state index is 12.4. The third kappa shape index (κ3) is 9.10. The number of carbonyl (C=O) groups excluding carboxylic acids is 1. The van der Waals surface area contributed by atoms with Gasteiger partial charge in [0, 0.05) is 24.6 Å². The van der Waals surface area contributed by atoms with Gasteiger partial charge >= 0.3 is 0 Å². The molecule has 0 bridgehead atoms. The second-order valence-corrected chi connectivity index (χ2v) is 7.48. The molecule has 0 heterocycles. The number of methoxy groups -OCH3 is 1. The van der Waals surface area contributed by atoms with E-state index in [1.165, 1.54) is 0 Å². The highest BCUT2D eigenvalue weighted by atomic mass is 35.5. The summed E-state index contributed by atoms with van der Waals surface area (Å²) in [6.07, 6.45) is -0.208. The fraction of sp³-hybridized carbons (Fsp3) is 0.632. The van der Waals surface area contributed by atoms with Gasteiger partial charge in [0.15, 0.2) is 5.78 Å². The van der Waals surface area contributed by atoms with Gasteiger partial charge in [-0.2, -0.15) is 0 Å². The lowest BCUT2D eigenvalue weighted by molar-refractivity contribution is 0.0923. The van der Waals surface area contributed by atoms with E-state index in [-0.39, 0.29) is 36.3 Å². The minimum Gasteiger partial charge on any atom is -0.497 e. The number of rotatable bonds is 9. The zero-order valence-corrected chi connectivity index (χ0v) is 16.9. The molecule has 1 aromatic rings. The Morgan fingerprint density at radius 2 is 1.92 bits per heavy atom. The van der Waals surface area contributed by atoms with Crippen molar-refractivity contribution in [2.75, 3.05) is 20.3 Å². The minimum atomic E-state index is -0.663. The van der Waals surface area contributed by atoms with Gasteiger partial charge in [-0.05, 0) is 38.8 Å². The van der Waals surface area contributed by atoms with Crippen molar-refractivity contribution in [1.29, 1.82) is 0 Å². The van der Waals surface area contributed by atoms with Crippen LogP contribution in [0, 0.1) is 5.92 Å². The maximum Gasteiger partial charge on any atom is 0.166 e. The SMILES string of the molecule is COc1ccc(C(=O)CC(C)C)c(OCC(O)CNC(C)(C)C)c1.Cl. The van der Waals surface area contributed by atoms with Crippen molar-refractivity contribution >= 4 is 18.2 Å². The second kappa shape index (κ2) is 10.6. The molecule has 0 saturated heterocycles. The average Bonchev–Trinajstić information content (AvgIpc) is 2.49. The van der Waals surface area contributed by atoms with E-state index >= 15 is 0 Å². The van der Waals surface area contributed by atoms with E-state index in [0.29, 0.717) is 30.0 Å². The first-order chi connectivity index (χ1) is 11.1. The molecule has 0 amide bonds. The van der Waals surface area contributed by atoms with Crippen molar-refractivity contribution in [3.63, 3.8) is 0 Å². The molecule has 25 heavy (non-hydrogen) atoms. The fourth-order valence-corrected chi connectivity index (χ4v) is 2.13. The lowest BCUT2D eigenvalue weighted by Gasteiger charge is -2.23. The Hall–Kier alpha value is -1.30. The number of halogens is 1. The number of hydrogen-bond acceptors (Lipinski definition) is 5. The van der Waals surface area contributed by atoms with Crippen molar-refractivity contribution in [3.8, 4) is 11.5 Å². The number of aliphatic hydroxyl groups is 1. The molecule has 0 radical (unpaired) electrons. The average molecular weight is 374 g/mol. The van der Waals surface area contributed by atoms with E-state index in [4.69, 9.17) is 9.47 Å². The van der Waals surface area contributed by atoms with Crippen molar-refractivity contribution in [3.05, 3.63) is 23.8 Å². The van der Waals surface area contributed by atoms with Crippen LogP contribution in [0.15, 0.2) is 18.2 Å². The molecule has 1 atom stereocenters. The van der Waals surface area contributed by atoms with E-state index in [1.54, 1.807) is 25.3 Å². The summed E-state index contributed by atoms with van der Waals surface area (Å²) < 4.78 is 10.9. The van der Waals surface area contributed by atoms with Gasteiger partial charge in [-0.15, -0.1) is 12.4 Å². The Balaban J connectivity index is 0.00000576. The molecule has 0 aliphatic carbocycles. The van der Waals surface area contributed by atoms with Gasteiger partial charge in [0.25, 0.3) is 0 Å². The summed E-state index contributed by atoms with van der Waals surface area (Å²) in [5.74, 6) is 1.38. The third-order valence-corrected chi connectivity index (χ3v) is 3.38. The topological polar surface area (TPSA) is 67.8 Å². The van der Waals surface area contributed by atoms with Crippen LogP contribution in [-0.4, -0.2) is 42.8 Å². The molecule has 6 heteroatoms. The van der Waals surface area contributed by atoms with Crippen LogP contribution in [0.2, 0.25) is 0 Å². The Kier molecular flexibility index (Phi) is 10.1. The normalized spacial score (nSPS) is 12.5. The third-order valence-electron chi connectivity index (χ3n) is 3.38. The smallest absolute Gasteiger partial charge is 0.166 e. The van der Waals surface area contributed by atoms with Gasteiger partial charge in [-0.3, -0.25) is 4.79 Å². The lowest BCUT2D eigenvalue weighted by Crippen LogP contribution is -2.42. The standard InChI is InChI=1S/C19H31NO4.ClH/c1-13(2)9-17(22)16-8-7-15(23-6)10-18(16)24-12-14(21)11-20-19(3,4)5;/h7-8,10,13-14,20-21H,9,11-12H2,1-6H3;1H. The number of ketones is 1. The highest BCUT2D eigenvalue weighted by molar-refractivity contribution is 5.99. The molecule has 0 aromatic heterocycles. The van der Waals surface area contributed by atoms with Crippen LogP contribution in [0.25, 0.3) is 0 Å². The van der Waals surface area contributed by atoms with Crippen LogP contribution in [0.1, 0.15) is 51.4 Å². The summed E-state index contributed by atoms with van der Waals surface area (Å²) >= 11 is 0. The van der Waals surface area contributed by atoms with Crippen LogP contribution in [0.3, 0.4) is 0 Å². The summed E-state index contributed by atoms with van der Waals surface area (Å²) in [6, 6.07) is 5.16. The van der Waals surface area contributed by atoms with E-state index in [9.17, 15) is 9.90 Å². The Morgan fingerprint density at radius 3 is 2.44 bits per heavy atom. The summed E-state index contributed by atoms with van der Waals surface area (Å²) in [7, 11) is 1.57.